The summed E-state index contributed by atoms with van der Waals surface area (Å²) >= 11 is 0. The molecule has 0 bridgehead atoms. The standard InChI is InChI=1S/C14H11F3O/c15-14(16,17)12-8-6-11(7-9-12)13(18)10-4-2-1-3-5-10/h1-9,13,18H/t13-/m0/s1. The van der Waals surface area contributed by atoms with E-state index in [0.29, 0.717) is 11.1 Å². The Balaban J connectivity index is 2.25. The highest BCUT2D eigenvalue weighted by molar-refractivity contribution is 5.32. The number of hydrogen-bond acceptors (Lipinski definition) is 1. The van der Waals surface area contributed by atoms with E-state index in [1.54, 1.807) is 24.3 Å². The summed E-state index contributed by atoms with van der Waals surface area (Å²) in [5.74, 6) is 0. The molecule has 0 aromatic heterocycles. The lowest BCUT2D eigenvalue weighted by Crippen LogP contribution is -2.06. The molecule has 1 nitrogen and oxygen atoms in total. The van der Waals surface area contributed by atoms with Gasteiger partial charge in [0.05, 0.1) is 5.56 Å². The SMILES string of the molecule is O[C@@H](c1ccccc1)c1ccc(C(F)(F)F)cc1. The lowest BCUT2D eigenvalue weighted by molar-refractivity contribution is -0.137. The van der Waals surface area contributed by atoms with Crippen molar-refractivity contribution < 1.29 is 18.3 Å². The summed E-state index contributed by atoms with van der Waals surface area (Å²) in [7, 11) is 0. The van der Waals surface area contributed by atoms with Gasteiger partial charge < -0.3 is 5.11 Å². The smallest absolute Gasteiger partial charge is 0.384 e. The van der Waals surface area contributed by atoms with Gasteiger partial charge >= 0.3 is 6.18 Å². The van der Waals surface area contributed by atoms with Crippen molar-refractivity contribution in [1.29, 1.82) is 0 Å². The Kier molecular flexibility index (Phi) is 3.39. The van der Waals surface area contributed by atoms with Crippen LogP contribution in [0.3, 0.4) is 0 Å². The molecule has 2 aromatic rings. The maximum absolute atomic E-state index is 12.4. The molecular weight excluding hydrogens is 241 g/mol. The van der Waals surface area contributed by atoms with E-state index < -0.39 is 17.8 Å². The van der Waals surface area contributed by atoms with Gasteiger partial charge in [-0.1, -0.05) is 42.5 Å². The number of halogens is 3. The summed E-state index contributed by atoms with van der Waals surface area (Å²) < 4.78 is 37.1. The van der Waals surface area contributed by atoms with E-state index in [1.807, 2.05) is 6.07 Å². The van der Waals surface area contributed by atoms with Crippen LogP contribution in [0.5, 0.6) is 0 Å². The van der Waals surface area contributed by atoms with Gasteiger partial charge in [-0.2, -0.15) is 13.2 Å². The van der Waals surface area contributed by atoms with Gasteiger partial charge in [-0.3, -0.25) is 0 Å². The van der Waals surface area contributed by atoms with Crippen LogP contribution in [0, 0.1) is 0 Å². The van der Waals surface area contributed by atoms with E-state index in [4.69, 9.17) is 0 Å². The Morgan fingerprint density at radius 2 is 1.28 bits per heavy atom. The highest BCUT2D eigenvalue weighted by Crippen LogP contribution is 2.30. The van der Waals surface area contributed by atoms with Gasteiger partial charge in [0.2, 0.25) is 0 Å². The predicted octanol–water partition coefficient (Wildman–Crippen LogP) is 3.79. The van der Waals surface area contributed by atoms with E-state index in [1.165, 1.54) is 12.1 Å². The molecule has 4 heteroatoms. The number of benzene rings is 2. The molecule has 0 aliphatic rings. The molecule has 0 amide bonds. The molecule has 2 aromatic carbocycles. The third-order valence-electron chi connectivity index (χ3n) is 2.67. The van der Waals surface area contributed by atoms with Crippen LogP contribution in [-0.4, -0.2) is 5.11 Å². The van der Waals surface area contributed by atoms with Gasteiger partial charge in [0.15, 0.2) is 0 Å². The lowest BCUT2D eigenvalue weighted by Gasteiger charge is -2.13. The molecule has 0 saturated carbocycles. The van der Waals surface area contributed by atoms with E-state index in [0.717, 1.165) is 12.1 Å². The molecule has 0 heterocycles. The predicted molar refractivity (Wildman–Crippen MR) is 61.9 cm³/mol. The molecule has 0 saturated heterocycles. The first-order chi connectivity index (χ1) is 8.48. The molecule has 0 spiro atoms. The number of aliphatic hydroxyl groups is 1. The molecule has 0 aliphatic heterocycles. The lowest BCUT2D eigenvalue weighted by atomic mass is 10.0. The minimum absolute atomic E-state index is 0.439. The molecule has 0 fully saturated rings. The molecule has 0 unspecified atom stereocenters. The van der Waals surface area contributed by atoms with E-state index in [9.17, 15) is 18.3 Å². The third kappa shape index (κ3) is 2.71. The van der Waals surface area contributed by atoms with Gasteiger partial charge in [0, 0.05) is 0 Å². The van der Waals surface area contributed by atoms with Gasteiger partial charge in [0.1, 0.15) is 6.10 Å². The van der Waals surface area contributed by atoms with Gasteiger partial charge in [0.25, 0.3) is 0 Å². The Morgan fingerprint density at radius 3 is 1.78 bits per heavy atom. The second kappa shape index (κ2) is 4.82. The van der Waals surface area contributed by atoms with Crippen LogP contribution >= 0.6 is 0 Å². The zero-order valence-electron chi connectivity index (χ0n) is 9.35. The first kappa shape index (κ1) is 12.6. The van der Waals surface area contributed by atoms with Gasteiger partial charge in [-0.05, 0) is 23.3 Å². The van der Waals surface area contributed by atoms with Crippen LogP contribution < -0.4 is 0 Å². The molecule has 1 atom stereocenters. The van der Waals surface area contributed by atoms with E-state index >= 15 is 0 Å². The number of hydrogen-bond donors (Lipinski definition) is 1. The molecular formula is C14H11F3O. The fourth-order valence-corrected chi connectivity index (χ4v) is 1.68. The van der Waals surface area contributed by atoms with Gasteiger partial charge in [-0.15, -0.1) is 0 Å². The topological polar surface area (TPSA) is 20.2 Å². The summed E-state index contributed by atoms with van der Waals surface area (Å²) in [6, 6.07) is 13.3. The van der Waals surface area contributed by atoms with Crippen molar-refractivity contribution in [3.63, 3.8) is 0 Å². The second-order valence-electron chi connectivity index (χ2n) is 3.93. The molecule has 18 heavy (non-hydrogen) atoms. The van der Waals surface area contributed by atoms with Crippen LogP contribution in [0.15, 0.2) is 54.6 Å². The summed E-state index contributed by atoms with van der Waals surface area (Å²) in [5, 5.41) is 10.0. The zero-order valence-corrected chi connectivity index (χ0v) is 9.35. The Labute approximate surface area is 103 Å². The monoisotopic (exact) mass is 252 g/mol. The Morgan fingerprint density at radius 1 is 0.778 bits per heavy atom. The minimum atomic E-state index is -4.35. The van der Waals surface area contributed by atoms with Gasteiger partial charge in [-0.25, -0.2) is 0 Å². The average Bonchev–Trinajstić information content (AvgIpc) is 2.38. The molecule has 2 rings (SSSR count). The summed E-state index contributed by atoms with van der Waals surface area (Å²) in [5.41, 5.74) is 0.373. The summed E-state index contributed by atoms with van der Waals surface area (Å²) in [6.45, 7) is 0. The first-order valence-electron chi connectivity index (χ1n) is 5.38. The molecule has 1 N–H and O–H groups in total. The molecule has 0 radical (unpaired) electrons. The number of alkyl halides is 3. The minimum Gasteiger partial charge on any atom is -0.384 e. The van der Waals surface area contributed by atoms with Crippen molar-refractivity contribution in [1.82, 2.24) is 0 Å². The Bertz CT molecular complexity index is 503. The maximum Gasteiger partial charge on any atom is 0.416 e. The molecule has 94 valence electrons. The van der Waals surface area contributed by atoms with Crippen LogP contribution in [0.1, 0.15) is 22.8 Å². The highest BCUT2D eigenvalue weighted by Gasteiger charge is 2.30. The van der Waals surface area contributed by atoms with Crippen LogP contribution in [0.2, 0.25) is 0 Å². The number of aliphatic hydroxyl groups excluding tert-OH is 1. The summed E-state index contributed by atoms with van der Waals surface area (Å²) in [4.78, 5) is 0. The van der Waals surface area contributed by atoms with E-state index in [2.05, 4.69) is 0 Å². The largest absolute Gasteiger partial charge is 0.416 e. The van der Waals surface area contributed by atoms with Crippen molar-refractivity contribution in [2.45, 2.75) is 12.3 Å². The molecule has 0 aliphatic carbocycles. The number of rotatable bonds is 2. The fraction of sp³-hybridized carbons (Fsp3) is 0.143. The Hall–Kier alpha value is -1.81. The van der Waals surface area contributed by atoms with E-state index in [-0.39, 0.29) is 0 Å². The van der Waals surface area contributed by atoms with Crippen LogP contribution in [-0.2, 0) is 6.18 Å². The van der Waals surface area contributed by atoms with Crippen molar-refractivity contribution in [3.8, 4) is 0 Å². The summed E-state index contributed by atoms with van der Waals surface area (Å²) in [6.07, 6.45) is -5.26. The second-order valence-corrected chi connectivity index (χ2v) is 3.93. The maximum atomic E-state index is 12.4. The fourth-order valence-electron chi connectivity index (χ4n) is 1.68. The van der Waals surface area contributed by atoms with Crippen molar-refractivity contribution in [2.24, 2.45) is 0 Å². The van der Waals surface area contributed by atoms with Crippen LogP contribution in [0.4, 0.5) is 13.2 Å². The first-order valence-corrected chi connectivity index (χ1v) is 5.38. The quantitative estimate of drug-likeness (QED) is 0.862. The highest BCUT2D eigenvalue weighted by atomic mass is 19.4. The van der Waals surface area contributed by atoms with Crippen molar-refractivity contribution in [2.75, 3.05) is 0 Å². The van der Waals surface area contributed by atoms with Crippen LogP contribution in [0.25, 0.3) is 0 Å². The third-order valence-corrected chi connectivity index (χ3v) is 2.67. The van der Waals surface area contributed by atoms with Crippen molar-refractivity contribution >= 4 is 0 Å². The normalized spacial score (nSPS) is 13.3. The average molecular weight is 252 g/mol. The zero-order chi connectivity index (χ0) is 13.2. The van der Waals surface area contributed by atoms with Crippen molar-refractivity contribution in [3.05, 3.63) is 71.3 Å².